The average molecular weight is 268 g/mol. The number of rotatable bonds is 8. The van der Waals surface area contributed by atoms with Gasteiger partial charge in [0.1, 0.15) is 0 Å². The van der Waals surface area contributed by atoms with Crippen LogP contribution in [0.2, 0.25) is 0 Å². The van der Waals surface area contributed by atoms with Gasteiger partial charge in [-0.3, -0.25) is 4.79 Å². The minimum Gasteiger partial charge on any atom is -0.356 e. The highest BCUT2D eigenvalue weighted by atomic mass is 16.1. The summed E-state index contributed by atoms with van der Waals surface area (Å²) in [5, 5.41) is 3.13. The molecule has 0 aliphatic heterocycles. The van der Waals surface area contributed by atoms with Gasteiger partial charge in [-0.1, -0.05) is 33.6 Å². The fourth-order valence-corrected chi connectivity index (χ4v) is 3.15. The van der Waals surface area contributed by atoms with Crippen LogP contribution in [-0.4, -0.2) is 19.0 Å². The zero-order chi connectivity index (χ0) is 14.3. The summed E-state index contributed by atoms with van der Waals surface area (Å²) < 4.78 is 0. The zero-order valence-electron chi connectivity index (χ0n) is 13.0. The van der Waals surface area contributed by atoms with Crippen LogP contribution in [0.25, 0.3) is 0 Å². The Morgan fingerprint density at radius 3 is 2.42 bits per heavy atom. The Hall–Kier alpha value is -0.570. The molecule has 112 valence electrons. The molecule has 0 radical (unpaired) electrons. The molecule has 1 amide bonds. The van der Waals surface area contributed by atoms with Crippen molar-refractivity contribution in [2.75, 3.05) is 13.1 Å². The van der Waals surface area contributed by atoms with Crippen LogP contribution in [0.1, 0.15) is 65.7 Å². The van der Waals surface area contributed by atoms with Crippen LogP contribution in [0.3, 0.4) is 0 Å². The van der Waals surface area contributed by atoms with Gasteiger partial charge in [0.2, 0.25) is 5.91 Å². The number of carbonyl (C=O) groups is 1. The predicted octanol–water partition coefficient (Wildman–Crippen LogP) is 3.08. The van der Waals surface area contributed by atoms with Gasteiger partial charge in [0.25, 0.3) is 0 Å². The van der Waals surface area contributed by atoms with Crippen molar-refractivity contribution in [3.8, 4) is 0 Å². The second-order valence-electron chi connectivity index (χ2n) is 6.91. The van der Waals surface area contributed by atoms with E-state index in [0.29, 0.717) is 23.7 Å². The zero-order valence-corrected chi connectivity index (χ0v) is 13.0. The van der Waals surface area contributed by atoms with Gasteiger partial charge in [0.05, 0.1) is 0 Å². The molecule has 0 aromatic rings. The maximum atomic E-state index is 11.9. The Balaban J connectivity index is 2.23. The lowest BCUT2D eigenvalue weighted by Gasteiger charge is -2.24. The number of hydrogen-bond acceptors (Lipinski definition) is 2. The SMILES string of the molecule is CC(C)C(CCN)CCC(=O)NCC1(C)CCCC1. The molecule has 0 aromatic heterocycles. The molecule has 1 unspecified atom stereocenters. The van der Waals surface area contributed by atoms with E-state index >= 15 is 0 Å². The molecule has 1 aliphatic carbocycles. The molecule has 3 heteroatoms. The molecular weight excluding hydrogens is 236 g/mol. The third-order valence-corrected chi connectivity index (χ3v) is 4.75. The summed E-state index contributed by atoms with van der Waals surface area (Å²) in [6.45, 7) is 8.32. The fourth-order valence-electron chi connectivity index (χ4n) is 3.15. The standard InChI is InChI=1S/C16H32N2O/c1-13(2)14(8-11-17)6-7-15(19)18-12-16(3)9-4-5-10-16/h13-14H,4-12,17H2,1-3H3,(H,18,19). The first-order valence-electron chi connectivity index (χ1n) is 7.93. The fraction of sp³-hybridized carbons (Fsp3) is 0.938. The van der Waals surface area contributed by atoms with Gasteiger partial charge in [-0.15, -0.1) is 0 Å². The van der Waals surface area contributed by atoms with E-state index in [1.165, 1.54) is 25.7 Å². The second-order valence-corrected chi connectivity index (χ2v) is 6.91. The average Bonchev–Trinajstić information content (AvgIpc) is 2.79. The Kier molecular flexibility index (Phi) is 6.84. The molecule has 1 fully saturated rings. The highest BCUT2D eigenvalue weighted by Gasteiger charge is 2.28. The van der Waals surface area contributed by atoms with Crippen LogP contribution in [0.5, 0.6) is 0 Å². The van der Waals surface area contributed by atoms with Crippen LogP contribution in [-0.2, 0) is 4.79 Å². The van der Waals surface area contributed by atoms with Crippen molar-refractivity contribution >= 4 is 5.91 Å². The lowest BCUT2D eigenvalue weighted by atomic mass is 9.87. The number of carbonyl (C=O) groups excluding carboxylic acids is 1. The highest BCUT2D eigenvalue weighted by molar-refractivity contribution is 5.75. The molecule has 19 heavy (non-hydrogen) atoms. The molecule has 0 spiro atoms. The van der Waals surface area contributed by atoms with Gasteiger partial charge in [-0.25, -0.2) is 0 Å². The summed E-state index contributed by atoms with van der Waals surface area (Å²) in [4.78, 5) is 11.9. The van der Waals surface area contributed by atoms with E-state index in [-0.39, 0.29) is 5.91 Å². The van der Waals surface area contributed by atoms with Crippen molar-refractivity contribution in [3.63, 3.8) is 0 Å². The maximum Gasteiger partial charge on any atom is 0.220 e. The molecule has 0 aromatic carbocycles. The molecule has 0 saturated heterocycles. The topological polar surface area (TPSA) is 55.1 Å². The van der Waals surface area contributed by atoms with Crippen molar-refractivity contribution in [1.82, 2.24) is 5.32 Å². The first-order chi connectivity index (χ1) is 8.97. The Morgan fingerprint density at radius 1 is 1.26 bits per heavy atom. The Labute approximate surface area is 118 Å². The van der Waals surface area contributed by atoms with Gasteiger partial charge in [-0.05, 0) is 49.5 Å². The molecular formula is C16H32N2O. The molecule has 3 nitrogen and oxygen atoms in total. The van der Waals surface area contributed by atoms with E-state index in [9.17, 15) is 4.79 Å². The summed E-state index contributed by atoms with van der Waals surface area (Å²) in [5.41, 5.74) is 5.98. The van der Waals surface area contributed by atoms with E-state index in [4.69, 9.17) is 5.73 Å². The van der Waals surface area contributed by atoms with E-state index < -0.39 is 0 Å². The van der Waals surface area contributed by atoms with Crippen LogP contribution >= 0.6 is 0 Å². The molecule has 0 bridgehead atoms. The molecule has 1 saturated carbocycles. The first kappa shape index (κ1) is 16.5. The van der Waals surface area contributed by atoms with E-state index in [0.717, 1.165) is 25.9 Å². The predicted molar refractivity (Wildman–Crippen MR) is 80.8 cm³/mol. The van der Waals surface area contributed by atoms with Crippen molar-refractivity contribution in [2.45, 2.75) is 65.7 Å². The van der Waals surface area contributed by atoms with Crippen molar-refractivity contribution in [1.29, 1.82) is 0 Å². The van der Waals surface area contributed by atoms with Gasteiger partial charge in [0, 0.05) is 13.0 Å². The van der Waals surface area contributed by atoms with E-state index in [1.807, 2.05) is 0 Å². The summed E-state index contributed by atoms with van der Waals surface area (Å²) in [6.07, 6.45) is 7.81. The van der Waals surface area contributed by atoms with Crippen LogP contribution in [0.15, 0.2) is 0 Å². The normalized spacial score (nSPS) is 19.6. The molecule has 0 heterocycles. The van der Waals surface area contributed by atoms with Crippen LogP contribution in [0.4, 0.5) is 0 Å². The number of amides is 1. The van der Waals surface area contributed by atoms with Gasteiger partial charge in [0.15, 0.2) is 0 Å². The third kappa shape index (κ3) is 5.94. The second kappa shape index (κ2) is 7.88. The first-order valence-corrected chi connectivity index (χ1v) is 7.93. The third-order valence-electron chi connectivity index (χ3n) is 4.75. The summed E-state index contributed by atoms with van der Waals surface area (Å²) in [7, 11) is 0. The summed E-state index contributed by atoms with van der Waals surface area (Å²) >= 11 is 0. The number of nitrogens with one attached hydrogen (secondary N) is 1. The lowest BCUT2D eigenvalue weighted by molar-refractivity contribution is -0.121. The highest BCUT2D eigenvalue weighted by Crippen LogP contribution is 2.36. The molecule has 1 aliphatic rings. The number of hydrogen-bond donors (Lipinski definition) is 2. The molecule has 1 atom stereocenters. The van der Waals surface area contributed by atoms with Gasteiger partial charge >= 0.3 is 0 Å². The van der Waals surface area contributed by atoms with Crippen molar-refractivity contribution in [2.24, 2.45) is 23.0 Å². The minimum absolute atomic E-state index is 0.218. The van der Waals surface area contributed by atoms with Crippen molar-refractivity contribution in [3.05, 3.63) is 0 Å². The van der Waals surface area contributed by atoms with Gasteiger partial charge in [-0.2, -0.15) is 0 Å². The molecule has 3 N–H and O–H groups in total. The summed E-state index contributed by atoms with van der Waals surface area (Å²) in [6, 6.07) is 0. The molecule has 1 rings (SSSR count). The monoisotopic (exact) mass is 268 g/mol. The van der Waals surface area contributed by atoms with Gasteiger partial charge < -0.3 is 11.1 Å². The van der Waals surface area contributed by atoms with Crippen LogP contribution in [0, 0.1) is 17.3 Å². The van der Waals surface area contributed by atoms with Crippen LogP contribution < -0.4 is 11.1 Å². The Morgan fingerprint density at radius 2 is 1.89 bits per heavy atom. The number of nitrogens with two attached hydrogens (primary N) is 1. The Bertz CT molecular complexity index is 270. The largest absolute Gasteiger partial charge is 0.356 e. The van der Waals surface area contributed by atoms with E-state index in [1.54, 1.807) is 0 Å². The van der Waals surface area contributed by atoms with E-state index in [2.05, 4.69) is 26.1 Å². The smallest absolute Gasteiger partial charge is 0.220 e. The quantitative estimate of drug-likeness (QED) is 0.711. The summed E-state index contributed by atoms with van der Waals surface area (Å²) in [5.74, 6) is 1.41. The maximum absolute atomic E-state index is 11.9. The minimum atomic E-state index is 0.218. The lowest BCUT2D eigenvalue weighted by Crippen LogP contribution is -2.34. The van der Waals surface area contributed by atoms with Crippen molar-refractivity contribution < 1.29 is 4.79 Å².